The zero-order valence-electron chi connectivity index (χ0n) is 9.06. The maximum atomic E-state index is 8.48. The molecule has 1 rings (SSSR count). The molecule has 86 valence electrons. The summed E-state index contributed by atoms with van der Waals surface area (Å²) >= 11 is 1.36. The zero-order valence-corrected chi connectivity index (χ0v) is 9.88. The first-order chi connectivity index (χ1) is 7.24. The third-order valence-electron chi connectivity index (χ3n) is 1.72. The lowest BCUT2D eigenvalue weighted by molar-refractivity contribution is 0.0992. The monoisotopic (exact) mass is 231 g/mol. The lowest BCUT2D eigenvalue weighted by Crippen LogP contribution is -2.11. The fourth-order valence-corrected chi connectivity index (χ4v) is 1.67. The minimum atomic E-state index is 0.0658. The summed E-state index contributed by atoms with van der Waals surface area (Å²) < 4.78 is 9.32. The summed E-state index contributed by atoms with van der Waals surface area (Å²) in [5.41, 5.74) is 0. The largest absolute Gasteiger partial charge is 0.394 e. The van der Waals surface area contributed by atoms with Crippen LogP contribution in [0.3, 0.4) is 0 Å². The smallest absolute Gasteiger partial charge is 0.202 e. The van der Waals surface area contributed by atoms with E-state index >= 15 is 0 Å². The second-order valence-corrected chi connectivity index (χ2v) is 4.13. The minimum Gasteiger partial charge on any atom is -0.394 e. The highest BCUT2D eigenvalue weighted by Crippen LogP contribution is 2.16. The van der Waals surface area contributed by atoms with E-state index in [4.69, 9.17) is 9.84 Å². The van der Waals surface area contributed by atoms with Crippen LogP contribution in [-0.4, -0.2) is 40.8 Å². The Labute approximate surface area is 93.7 Å². The highest BCUT2D eigenvalue weighted by atomic mass is 32.1. The number of rotatable bonds is 7. The molecule has 2 N–H and O–H groups in total. The average Bonchev–Trinajstić information content (AvgIpc) is 2.66. The molecule has 0 fully saturated rings. The van der Waals surface area contributed by atoms with Crippen LogP contribution in [0, 0.1) is 0 Å². The third-order valence-corrected chi connectivity index (χ3v) is 2.40. The number of hydrogen-bond acceptors (Lipinski definition) is 6. The van der Waals surface area contributed by atoms with Crippen LogP contribution < -0.4 is 5.32 Å². The van der Waals surface area contributed by atoms with Crippen molar-refractivity contribution in [3.8, 4) is 0 Å². The molecule has 0 saturated carbocycles. The highest BCUT2D eigenvalue weighted by Gasteiger charge is 2.06. The van der Waals surface area contributed by atoms with Gasteiger partial charge in [0.15, 0.2) is 0 Å². The molecule has 0 saturated heterocycles. The lowest BCUT2D eigenvalue weighted by atomic mass is 10.2. The van der Waals surface area contributed by atoms with Crippen molar-refractivity contribution in [1.29, 1.82) is 0 Å². The molecule has 0 aromatic carbocycles. The van der Waals surface area contributed by atoms with Crippen molar-refractivity contribution in [1.82, 2.24) is 9.36 Å². The van der Waals surface area contributed by atoms with Gasteiger partial charge in [0.25, 0.3) is 0 Å². The van der Waals surface area contributed by atoms with Gasteiger partial charge in [-0.1, -0.05) is 13.8 Å². The molecule has 0 bridgehead atoms. The van der Waals surface area contributed by atoms with Crippen LogP contribution >= 0.6 is 11.5 Å². The molecule has 0 aliphatic carbocycles. The number of aliphatic hydroxyl groups is 1. The summed E-state index contributed by atoms with van der Waals surface area (Å²) in [5, 5.41) is 12.4. The van der Waals surface area contributed by atoms with Crippen LogP contribution in [0.1, 0.15) is 25.6 Å². The van der Waals surface area contributed by atoms with Crippen molar-refractivity contribution in [2.24, 2.45) is 0 Å². The quantitative estimate of drug-likeness (QED) is 0.687. The van der Waals surface area contributed by atoms with E-state index in [2.05, 4.69) is 28.5 Å². The first-order valence-corrected chi connectivity index (χ1v) is 5.77. The van der Waals surface area contributed by atoms with E-state index in [1.54, 1.807) is 0 Å². The Morgan fingerprint density at radius 2 is 2.27 bits per heavy atom. The maximum absolute atomic E-state index is 8.48. The highest BCUT2D eigenvalue weighted by molar-refractivity contribution is 7.09. The predicted octanol–water partition coefficient (Wildman–Crippen LogP) is 1.08. The minimum absolute atomic E-state index is 0.0658. The van der Waals surface area contributed by atoms with Gasteiger partial charge in [-0.15, -0.1) is 0 Å². The van der Waals surface area contributed by atoms with Gasteiger partial charge in [0.1, 0.15) is 5.82 Å². The van der Waals surface area contributed by atoms with E-state index in [-0.39, 0.29) is 6.61 Å². The summed E-state index contributed by atoms with van der Waals surface area (Å²) in [7, 11) is 0. The van der Waals surface area contributed by atoms with Gasteiger partial charge in [0, 0.05) is 24.0 Å². The summed E-state index contributed by atoms with van der Waals surface area (Å²) in [6.07, 6.45) is 0. The van der Waals surface area contributed by atoms with E-state index in [9.17, 15) is 0 Å². The number of anilines is 1. The Kier molecular flexibility index (Phi) is 5.52. The van der Waals surface area contributed by atoms with E-state index < -0.39 is 0 Å². The number of aliphatic hydroxyl groups excluding tert-OH is 1. The number of nitrogens with one attached hydrogen (secondary N) is 1. The molecule has 0 amide bonds. The molecule has 0 radical (unpaired) electrons. The molecule has 0 spiro atoms. The van der Waals surface area contributed by atoms with Gasteiger partial charge in [0.05, 0.1) is 19.8 Å². The fraction of sp³-hybridized carbons (Fsp3) is 0.778. The van der Waals surface area contributed by atoms with Gasteiger partial charge in [-0.25, -0.2) is 4.98 Å². The van der Waals surface area contributed by atoms with Crippen LogP contribution in [0.4, 0.5) is 5.13 Å². The first kappa shape index (κ1) is 12.4. The van der Waals surface area contributed by atoms with Crippen molar-refractivity contribution >= 4 is 16.7 Å². The van der Waals surface area contributed by atoms with Crippen LogP contribution in [0.15, 0.2) is 0 Å². The average molecular weight is 231 g/mol. The van der Waals surface area contributed by atoms with Crippen LogP contribution in [0.5, 0.6) is 0 Å². The number of ether oxygens (including phenoxy) is 1. The van der Waals surface area contributed by atoms with Gasteiger partial charge in [-0.3, -0.25) is 0 Å². The van der Waals surface area contributed by atoms with Crippen LogP contribution in [0.25, 0.3) is 0 Å². The van der Waals surface area contributed by atoms with E-state index in [0.717, 1.165) is 11.0 Å². The van der Waals surface area contributed by atoms with E-state index in [1.807, 2.05) is 0 Å². The molecule has 5 nitrogen and oxygen atoms in total. The molecule has 1 heterocycles. The maximum Gasteiger partial charge on any atom is 0.202 e. The first-order valence-electron chi connectivity index (χ1n) is 5.00. The van der Waals surface area contributed by atoms with Crippen LogP contribution in [0.2, 0.25) is 0 Å². The third kappa shape index (κ3) is 4.55. The Morgan fingerprint density at radius 1 is 1.47 bits per heavy atom. The normalized spacial score (nSPS) is 10.9. The Hall–Kier alpha value is -0.720. The predicted molar refractivity (Wildman–Crippen MR) is 60.4 cm³/mol. The van der Waals surface area contributed by atoms with Crippen molar-refractivity contribution < 1.29 is 9.84 Å². The molecular formula is C9H17N3O2S. The standard InChI is InChI=1S/C9H17N3O2S/c1-7(2)8-11-9(15-12-8)10-3-5-14-6-4-13/h7,13H,3-6H2,1-2H3,(H,10,11,12). The van der Waals surface area contributed by atoms with Crippen molar-refractivity contribution in [3.05, 3.63) is 5.82 Å². The second-order valence-electron chi connectivity index (χ2n) is 3.38. The Bertz CT molecular complexity index is 278. The van der Waals surface area contributed by atoms with Crippen LogP contribution in [-0.2, 0) is 4.74 Å². The summed E-state index contributed by atoms with van der Waals surface area (Å²) in [4.78, 5) is 4.32. The van der Waals surface area contributed by atoms with Gasteiger partial charge >= 0.3 is 0 Å². The summed E-state index contributed by atoms with van der Waals surface area (Å²) in [6.45, 7) is 5.83. The van der Waals surface area contributed by atoms with Gasteiger partial charge < -0.3 is 15.2 Å². The molecule has 15 heavy (non-hydrogen) atoms. The van der Waals surface area contributed by atoms with Crippen molar-refractivity contribution in [2.45, 2.75) is 19.8 Å². The Balaban J connectivity index is 2.20. The fourth-order valence-electron chi connectivity index (χ4n) is 0.938. The number of nitrogens with zero attached hydrogens (tertiary/aromatic N) is 2. The molecule has 0 aliphatic rings. The summed E-state index contributed by atoms with van der Waals surface area (Å²) in [6, 6.07) is 0. The lowest BCUT2D eigenvalue weighted by Gasteiger charge is -2.02. The van der Waals surface area contributed by atoms with Gasteiger partial charge in [-0.2, -0.15) is 4.37 Å². The van der Waals surface area contributed by atoms with Gasteiger partial charge in [0.2, 0.25) is 5.13 Å². The van der Waals surface area contributed by atoms with Crippen molar-refractivity contribution in [3.63, 3.8) is 0 Å². The number of aromatic nitrogens is 2. The molecule has 1 aromatic rings. The SMILES string of the molecule is CC(C)c1nsc(NCCOCCO)n1. The molecule has 1 aromatic heterocycles. The van der Waals surface area contributed by atoms with E-state index in [1.165, 1.54) is 11.5 Å². The summed E-state index contributed by atoms with van der Waals surface area (Å²) in [5.74, 6) is 1.24. The molecule has 0 unspecified atom stereocenters. The molecule has 6 heteroatoms. The second kappa shape index (κ2) is 6.71. The molecular weight excluding hydrogens is 214 g/mol. The molecule has 0 atom stereocenters. The topological polar surface area (TPSA) is 67.3 Å². The van der Waals surface area contributed by atoms with E-state index in [0.29, 0.717) is 25.7 Å². The zero-order chi connectivity index (χ0) is 11.1. The van der Waals surface area contributed by atoms with Gasteiger partial charge in [-0.05, 0) is 0 Å². The Morgan fingerprint density at radius 3 is 2.87 bits per heavy atom. The molecule has 0 aliphatic heterocycles. The van der Waals surface area contributed by atoms with Crippen molar-refractivity contribution in [2.75, 3.05) is 31.7 Å². The number of hydrogen-bond donors (Lipinski definition) is 2.